The number of aromatic nitrogens is 3. The van der Waals surface area contributed by atoms with Gasteiger partial charge >= 0.3 is 5.69 Å². The summed E-state index contributed by atoms with van der Waals surface area (Å²) in [6.07, 6.45) is 2.84. The van der Waals surface area contributed by atoms with Gasteiger partial charge in [-0.05, 0) is 30.7 Å². The summed E-state index contributed by atoms with van der Waals surface area (Å²) in [5.74, 6) is -0.134. The molecule has 38 heavy (non-hydrogen) atoms. The quantitative estimate of drug-likeness (QED) is 0.131. The van der Waals surface area contributed by atoms with E-state index in [1.165, 1.54) is 18.3 Å². The Morgan fingerprint density at radius 1 is 1.18 bits per heavy atom. The van der Waals surface area contributed by atoms with Crippen LogP contribution in [0.15, 0.2) is 63.0 Å². The van der Waals surface area contributed by atoms with Crippen molar-refractivity contribution in [3.05, 3.63) is 100 Å². The van der Waals surface area contributed by atoms with Gasteiger partial charge in [-0.15, -0.1) is 0 Å². The molecule has 0 N–H and O–H groups in total. The van der Waals surface area contributed by atoms with E-state index in [-0.39, 0.29) is 33.8 Å². The average molecular weight is 602 g/mol. The molecule has 2 aromatic heterocycles. The molecular formula is C24H18BrClN6O6. The lowest BCUT2D eigenvalue weighted by molar-refractivity contribution is -0.385. The number of hydrogen-bond acceptors (Lipinski definition) is 9. The van der Waals surface area contributed by atoms with Crippen molar-refractivity contribution < 1.29 is 14.6 Å². The number of hydrogen-bond donors (Lipinski definition) is 0. The Kier molecular flexibility index (Phi) is 7.78. The van der Waals surface area contributed by atoms with E-state index in [1.54, 1.807) is 18.2 Å². The van der Waals surface area contributed by atoms with E-state index >= 15 is 0 Å². The first-order valence-electron chi connectivity index (χ1n) is 11.1. The van der Waals surface area contributed by atoms with Gasteiger partial charge in [0, 0.05) is 39.2 Å². The molecule has 0 saturated heterocycles. The lowest BCUT2D eigenvalue weighted by Gasteiger charge is -2.14. The number of benzene rings is 2. The van der Waals surface area contributed by atoms with Gasteiger partial charge in [0.1, 0.15) is 12.0 Å². The first-order chi connectivity index (χ1) is 18.1. The zero-order valence-corrected chi connectivity index (χ0v) is 22.2. The molecule has 0 fully saturated rings. The van der Waals surface area contributed by atoms with Gasteiger partial charge in [0.15, 0.2) is 0 Å². The first-order valence-corrected chi connectivity index (χ1v) is 12.3. The van der Waals surface area contributed by atoms with Gasteiger partial charge in [-0.1, -0.05) is 41.4 Å². The molecule has 194 valence electrons. The highest BCUT2D eigenvalue weighted by molar-refractivity contribution is 9.10. The van der Waals surface area contributed by atoms with Crippen LogP contribution in [-0.2, 0) is 0 Å². The zero-order valence-electron chi connectivity index (χ0n) is 19.9. The van der Waals surface area contributed by atoms with Crippen molar-refractivity contribution in [1.82, 2.24) is 14.6 Å². The predicted molar refractivity (Wildman–Crippen MR) is 144 cm³/mol. The van der Waals surface area contributed by atoms with Gasteiger partial charge in [0.2, 0.25) is 11.6 Å². The number of ether oxygens (including phenoxy) is 1. The standard InChI is InChI=1S/C24H18BrClN6O6/c1-3-13(2)23-29-19-6-4-15(25)9-18(19)24(33)30(23)28-11-14-8-16(26)10-20(32(36)37)22(14)38-21-7-5-17(12-27-21)31(34)35/h4-13H,3H2,1-2H3/t13-/m1/s1. The molecule has 4 aromatic rings. The zero-order chi connectivity index (χ0) is 27.6. The molecule has 0 aliphatic carbocycles. The average Bonchev–Trinajstić information content (AvgIpc) is 2.89. The highest BCUT2D eigenvalue weighted by Gasteiger charge is 2.23. The smallest absolute Gasteiger partial charge is 0.313 e. The number of rotatable bonds is 8. The van der Waals surface area contributed by atoms with Crippen LogP contribution in [0.4, 0.5) is 11.4 Å². The van der Waals surface area contributed by atoms with Crippen LogP contribution in [0.2, 0.25) is 5.02 Å². The number of nitro benzene ring substituents is 1. The second-order valence-electron chi connectivity index (χ2n) is 8.12. The summed E-state index contributed by atoms with van der Waals surface area (Å²) in [7, 11) is 0. The van der Waals surface area contributed by atoms with Crippen molar-refractivity contribution in [3.8, 4) is 11.6 Å². The van der Waals surface area contributed by atoms with Crippen LogP contribution >= 0.6 is 27.5 Å². The monoisotopic (exact) mass is 600 g/mol. The Hall–Kier alpha value is -4.23. The maximum Gasteiger partial charge on any atom is 0.313 e. The van der Waals surface area contributed by atoms with Crippen molar-refractivity contribution in [2.24, 2.45) is 5.10 Å². The molecule has 0 aliphatic rings. The SMILES string of the molecule is CC[C@@H](C)c1nc2ccc(Br)cc2c(=O)n1N=Cc1cc(Cl)cc([N+](=O)[O-])c1Oc1ccc([N+](=O)[O-])cn1. The summed E-state index contributed by atoms with van der Waals surface area (Å²) >= 11 is 9.50. The lowest BCUT2D eigenvalue weighted by Crippen LogP contribution is -2.23. The highest BCUT2D eigenvalue weighted by Crippen LogP contribution is 2.36. The summed E-state index contributed by atoms with van der Waals surface area (Å²) in [5.41, 5.74) is -0.627. The van der Waals surface area contributed by atoms with Gasteiger partial charge in [-0.3, -0.25) is 25.0 Å². The van der Waals surface area contributed by atoms with E-state index in [4.69, 9.17) is 16.3 Å². The summed E-state index contributed by atoms with van der Waals surface area (Å²) < 4.78 is 7.49. The Morgan fingerprint density at radius 2 is 1.95 bits per heavy atom. The number of nitrogens with zero attached hydrogens (tertiary/aromatic N) is 6. The number of fused-ring (bicyclic) bond motifs is 1. The fourth-order valence-electron chi connectivity index (χ4n) is 3.49. The topological polar surface area (TPSA) is 156 Å². The summed E-state index contributed by atoms with van der Waals surface area (Å²) in [5, 5.41) is 27.4. The van der Waals surface area contributed by atoms with E-state index in [1.807, 2.05) is 13.8 Å². The minimum Gasteiger partial charge on any atom is -0.431 e. The van der Waals surface area contributed by atoms with Crippen LogP contribution in [0, 0.1) is 20.2 Å². The molecular weight excluding hydrogens is 584 g/mol. The minimum atomic E-state index is -0.699. The van der Waals surface area contributed by atoms with Crippen LogP contribution in [0.25, 0.3) is 10.9 Å². The Morgan fingerprint density at radius 3 is 2.58 bits per heavy atom. The van der Waals surface area contributed by atoms with Gasteiger partial charge in [-0.25, -0.2) is 9.97 Å². The van der Waals surface area contributed by atoms with Crippen LogP contribution in [0.1, 0.15) is 37.6 Å². The Balaban J connectivity index is 1.87. The first kappa shape index (κ1) is 26.8. The van der Waals surface area contributed by atoms with Crippen LogP contribution in [0.3, 0.4) is 0 Å². The molecule has 0 radical (unpaired) electrons. The second kappa shape index (κ2) is 11.0. The van der Waals surface area contributed by atoms with Crippen molar-refractivity contribution in [3.63, 3.8) is 0 Å². The number of pyridine rings is 1. The van der Waals surface area contributed by atoms with Crippen LogP contribution < -0.4 is 10.3 Å². The van der Waals surface area contributed by atoms with Crippen molar-refractivity contribution >= 4 is 56.0 Å². The summed E-state index contributed by atoms with van der Waals surface area (Å²) in [6, 6.07) is 9.95. The third-order valence-electron chi connectivity index (χ3n) is 5.60. The third kappa shape index (κ3) is 5.53. The highest BCUT2D eigenvalue weighted by atomic mass is 79.9. The summed E-state index contributed by atoms with van der Waals surface area (Å²) in [6.45, 7) is 3.84. The van der Waals surface area contributed by atoms with E-state index in [2.05, 4.69) is 31.0 Å². The molecule has 0 aliphatic heterocycles. The lowest BCUT2D eigenvalue weighted by atomic mass is 10.1. The molecule has 0 saturated carbocycles. The molecule has 0 bridgehead atoms. The summed E-state index contributed by atoms with van der Waals surface area (Å²) in [4.78, 5) is 43.3. The van der Waals surface area contributed by atoms with E-state index in [0.717, 1.165) is 23.0 Å². The molecule has 0 spiro atoms. The largest absolute Gasteiger partial charge is 0.431 e. The van der Waals surface area contributed by atoms with Gasteiger partial charge < -0.3 is 4.74 Å². The maximum absolute atomic E-state index is 13.4. The Bertz CT molecular complexity index is 1660. The van der Waals surface area contributed by atoms with Crippen LogP contribution in [-0.4, -0.2) is 30.7 Å². The molecule has 0 unspecified atom stereocenters. The molecule has 4 rings (SSSR count). The molecule has 2 aromatic carbocycles. The van der Waals surface area contributed by atoms with Gasteiger partial charge in [0.05, 0.1) is 27.0 Å². The molecule has 12 nitrogen and oxygen atoms in total. The van der Waals surface area contributed by atoms with Crippen molar-refractivity contribution in [2.45, 2.75) is 26.2 Å². The van der Waals surface area contributed by atoms with Crippen molar-refractivity contribution in [2.75, 3.05) is 0 Å². The predicted octanol–water partition coefficient (Wildman–Crippen LogP) is 6.21. The van der Waals surface area contributed by atoms with Gasteiger partial charge in [-0.2, -0.15) is 9.78 Å². The van der Waals surface area contributed by atoms with Gasteiger partial charge in [0.25, 0.3) is 11.2 Å². The Labute approximate surface area is 228 Å². The number of nitro groups is 2. The van der Waals surface area contributed by atoms with E-state index in [0.29, 0.717) is 27.6 Å². The number of halogens is 2. The minimum absolute atomic E-state index is 0.0252. The van der Waals surface area contributed by atoms with E-state index in [9.17, 15) is 25.0 Å². The van der Waals surface area contributed by atoms with E-state index < -0.39 is 21.1 Å². The van der Waals surface area contributed by atoms with Crippen LogP contribution in [0.5, 0.6) is 11.6 Å². The maximum atomic E-state index is 13.4. The fraction of sp³-hybridized carbons (Fsp3) is 0.167. The second-order valence-corrected chi connectivity index (χ2v) is 9.47. The molecule has 1 atom stereocenters. The fourth-order valence-corrected chi connectivity index (χ4v) is 4.07. The van der Waals surface area contributed by atoms with Crippen molar-refractivity contribution in [1.29, 1.82) is 0 Å². The molecule has 14 heteroatoms. The normalized spacial score (nSPS) is 12.1. The molecule has 0 amide bonds. The molecule has 2 heterocycles. The third-order valence-corrected chi connectivity index (χ3v) is 6.31.